The zero-order chi connectivity index (χ0) is 13.0. The summed E-state index contributed by atoms with van der Waals surface area (Å²) in [5.41, 5.74) is 13.4. The standard InChI is InChI=1S/C13H15FN4/c14-9-7-11(15)13(16)12(8-9)18-6-4-10-3-1-2-5-17-10/h1-3,5,7-8,18H,4,6,15-16H2. The Hall–Kier alpha value is -2.30. The van der Waals surface area contributed by atoms with Gasteiger partial charge < -0.3 is 16.8 Å². The predicted octanol–water partition coefficient (Wildman–Crippen LogP) is 2.04. The number of rotatable bonds is 4. The van der Waals surface area contributed by atoms with Crippen LogP contribution in [0.2, 0.25) is 0 Å². The summed E-state index contributed by atoms with van der Waals surface area (Å²) >= 11 is 0. The summed E-state index contributed by atoms with van der Waals surface area (Å²) in [6.45, 7) is 0.615. The molecule has 4 nitrogen and oxygen atoms in total. The molecular weight excluding hydrogens is 231 g/mol. The summed E-state index contributed by atoms with van der Waals surface area (Å²) in [4.78, 5) is 4.20. The zero-order valence-electron chi connectivity index (χ0n) is 9.86. The quantitative estimate of drug-likeness (QED) is 0.721. The van der Waals surface area contributed by atoms with Gasteiger partial charge in [-0.25, -0.2) is 4.39 Å². The second-order valence-corrected chi connectivity index (χ2v) is 3.95. The first-order valence-electron chi connectivity index (χ1n) is 5.65. The first-order valence-corrected chi connectivity index (χ1v) is 5.65. The number of benzene rings is 1. The Labute approximate surface area is 105 Å². The molecule has 0 fully saturated rings. The third-order valence-corrected chi connectivity index (χ3v) is 2.60. The Morgan fingerprint density at radius 1 is 1.22 bits per heavy atom. The van der Waals surface area contributed by atoms with E-state index in [9.17, 15) is 4.39 Å². The number of pyridine rings is 1. The van der Waals surface area contributed by atoms with Gasteiger partial charge in [0, 0.05) is 24.9 Å². The highest BCUT2D eigenvalue weighted by Gasteiger charge is 2.05. The fourth-order valence-corrected chi connectivity index (χ4v) is 1.66. The molecular formula is C13H15FN4. The molecule has 2 rings (SSSR count). The van der Waals surface area contributed by atoms with Gasteiger partial charge in [-0.15, -0.1) is 0 Å². The van der Waals surface area contributed by atoms with Gasteiger partial charge in [-0.3, -0.25) is 4.98 Å². The lowest BCUT2D eigenvalue weighted by atomic mass is 10.2. The number of hydrogen-bond acceptors (Lipinski definition) is 4. The molecule has 0 unspecified atom stereocenters. The first kappa shape index (κ1) is 12.2. The third kappa shape index (κ3) is 2.88. The Bertz CT molecular complexity index is 528. The van der Waals surface area contributed by atoms with Crippen molar-refractivity contribution >= 4 is 17.1 Å². The highest BCUT2D eigenvalue weighted by molar-refractivity contribution is 5.78. The minimum atomic E-state index is -0.401. The molecule has 0 amide bonds. The lowest BCUT2D eigenvalue weighted by molar-refractivity contribution is 0.629. The molecule has 0 atom stereocenters. The molecule has 1 aromatic carbocycles. The summed E-state index contributed by atoms with van der Waals surface area (Å²) in [5, 5.41) is 3.06. The van der Waals surface area contributed by atoms with E-state index in [1.807, 2.05) is 18.2 Å². The number of hydrogen-bond donors (Lipinski definition) is 3. The Balaban J connectivity index is 1.99. The maximum absolute atomic E-state index is 13.2. The van der Waals surface area contributed by atoms with Gasteiger partial charge in [-0.1, -0.05) is 6.07 Å². The minimum Gasteiger partial charge on any atom is -0.397 e. The fourth-order valence-electron chi connectivity index (χ4n) is 1.66. The van der Waals surface area contributed by atoms with Crippen molar-refractivity contribution < 1.29 is 4.39 Å². The molecule has 0 aliphatic rings. The van der Waals surface area contributed by atoms with Crippen LogP contribution < -0.4 is 16.8 Å². The van der Waals surface area contributed by atoms with Crippen molar-refractivity contribution in [3.05, 3.63) is 48.0 Å². The first-order chi connectivity index (χ1) is 8.66. The van der Waals surface area contributed by atoms with Gasteiger partial charge in [0.05, 0.1) is 17.1 Å². The Morgan fingerprint density at radius 2 is 2.06 bits per heavy atom. The molecule has 1 heterocycles. The molecule has 5 N–H and O–H groups in total. The van der Waals surface area contributed by atoms with Gasteiger partial charge >= 0.3 is 0 Å². The number of nitrogens with one attached hydrogen (secondary N) is 1. The van der Waals surface area contributed by atoms with Gasteiger partial charge in [0.25, 0.3) is 0 Å². The predicted molar refractivity (Wildman–Crippen MR) is 71.7 cm³/mol. The fraction of sp³-hybridized carbons (Fsp3) is 0.154. The lowest BCUT2D eigenvalue weighted by Crippen LogP contribution is -2.09. The number of anilines is 3. The lowest BCUT2D eigenvalue weighted by Gasteiger charge is -2.11. The number of nitrogen functional groups attached to an aromatic ring is 2. The van der Waals surface area contributed by atoms with Crippen molar-refractivity contribution in [2.24, 2.45) is 0 Å². The molecule has 0 saturated heterocycles. The van der Waals surface area contributed by atoms with Crippen molar-refractivity contribution in [1.82, 2.24) is 4.98 Å². The molecule has 1 aromatic heterocycles. The largest absolute Gasteiger partial charge is 0.397 e. The topological polar surface area (TPSA) is 77.0 Å². The molecule has 0 radical (unpaired) electrons. The molecule has 18 heavy (non-hydrogen) atoms. The van der Waals surface area contributed by atoms with Crippen LogP contribution >= 0.6 is 0 Å². The normalized spacial score (nSPS) is 10.3. The van der Waals surface area contributed by atoms with Crippen LogP contribution in [0.5, 0.6) is 0 Å². The smallest absolute Gasteiger partial charge is 0.127 e. The van der Waals surface area contributed by atoms with Crippen molar-refractivity contribution in [1.29, 1.82) is 0 Å². The van der Waals surface area contributed by atoms with Gasteiger partial charge in [0.1, 0.15) is 5.82 Å². The number of nitrogens with zero attached hydrogens (tertiary/aromatic N) is 1. The molecule has 0 bridgehead atoms. The molecule has 0 saturated carbocycles. The molecule has 94 valence electrons. The molecule has 2 aromatic rings. The van der Waals surface area contributed by atoms with Crippen LogP contribution in [0.3, 0.4) is 0 Å². The summed E-state index contributed by atoms with van der Waals surface area (Å²) in [6, 6.07) is 8.27. The highest BCUT2D eigenvalue weighted by atomic mass is 19.1. The summed E-state index contributed by atoms with van der Waals surface area (Å²) in [7, 11) is 0. The minimum absolute atomic E-state index is 0.246. The van der Waals surface area contributed by atoms with Crippen molar-refractivity contribution in [2.75, 3.05) is 23.3 Å². The maximum Gasteiger partial charge on any atom is 0.127 e. The van der Waals surface area contributed by atoms with E-state index in [0.29, 0.717) is 17.9 Å². The Morgan fingerprint density at radius 3 is 2.78 bits per heavy atom. The third-order valence-electron chi connectivity index (χ3n) is 2.60. The van der Waals surface area contributed by atoms with Crippen LogP contribution in [-0.2, 0) is 6.42 Å². The van der Waals surface area contributed by atoms with Gasteiger partial charge in [0.2, 0.25) is 0 Å². The van der Waals surface area contributed by atoms with Gasteiger partial charge in [0.15, 0.2) is 0 Å². The highest BCUT2D eigenvalue weighted by Crippen LogP contribution is 2.26. The second kappa shape index (κ2) is 5.35. The van der Waals surface area contributed by atoms with Crippen molar-refractivity contribution in [3.8, 4) is 0 Å². The van der Waals surface area contributed by atoms with Crippen LogP contribution in [0.15, 0.2) is 36.5 Å². The zero-order valence-corrected chi connectivity index (χ0v) is 9.86. The molecule has 0 aliphatic carbocycles. The summed E-state index contributed by atoms with van der Waals surface area (Å²) in [5.74, 6) is -0.401. The number of halogens is 1. The van der Waals surface area contributed by atoms with E-state index in [2.05, 4.69) is 10.3 Å². The SMILES string of the molecule is Nc1cc(F)cc(NCCc2ccccn2)c1N. The maximum atomic E-state index is 13.2. The van der Waals surface area contributed by atoms with E-state index in [0.717, 1.165) is 12.1 Å². The van der Waals surface area contributed by atoms with E-state index in [4.69, 9.17) is 11.5 Å². The molecule has 0 spiro atoms. The van der Waals surface area contributed by atoms with Gasteiger partial charge in [-0.05, 0) is 24.3 Å². The number of aromatic nitrogens is 1. The average Bonchev–Trinajstić information content (AvgIpc) is 2.36. The Kier molecular flexibility index (Phi) is 3.62. The summed E-state index contributed by atoms with van der Waals surface area (Å²) < 4.78 is 13.2. The van der Waals surface area contributed by atoms with E-state index in [1.165, 1.54) is 12.1 Å². The second-order valence-electron chi connectivity index (χ2n) is 3.95. The number of nitrogens with two attached hydrogens (primary N) is 2. The van der Waals surface area contributed by atoms with E-state index in [-0.39, 0.29) is 5.69 Å². The van der Waals surface area contributed by atoms with E-state index >= 15 is 0 Å². The average molecular weight is 246 g/mol. The van der Waals surface area contributed by atoms with Crippen LogP contribution in [0.25, 0.3) is 0 Å². The molecule has 5 heteroatoms. The van der Waals surface area contributed by atoms with Crippen molar-refractivity contribution in [2.45, 2.75) is 6.42 Å². The van der Waals surface area contributed by atoms with Gasteiger partial charge in [-0.2, -0.15) is 0 Å². The van der Waals surface area contributed by atoms with Crippen LogP contribution in [0.1, 0.15) is 5.69 Å². The van der Waals surface area contributed by atoms with Crippen molar-refractivity contribution in [3.63, 3.8) is 0 Å². The van der Waals surface area contributed by atoms with Crippen LogP contribution in [-0.4, -0.2) is 11.5 Å². The van der Waals surface area contributed by atoms with E-state index < -0.39 is 5.82 Å². The summed E-state index contributed by atoms with van der Waals surface area (Å²) in [6.07, 6.45) is 2.47. The molecule has 0 aliphatic heterocycles. The van der Waals surface area contributed by atoms with E-state index in [1.54, 1.807) is 6.20 Å². The van der Waals surface area contributed by atoms with Crippen LogP contribution in [0.4, 0.5) is 21.5 Å². The van der Waals surface area contributed by atoms with Crippen LogP contribution in [0, 0.1) is 5.82 Å². The monoisotopic (exact) mass is 246 g/mol.